The Hall–Kier alpha value is -1.62. The molecule has 0 atom stereocenters. The maximum atomic E-state index is 10.6. The Morgan fingerprint density at radius 1 is 1.45 bits per heavy atom. The van der Waals surface area contributed by atoms with Crippen LogP contribution in [0.2, 0.25) is 0 Å². The molecule has 0 heterocycles. The van der Waals surface area contributed by atoms with Gasteiger partial charge in [-0.2, -0.15) is 11.8 Å². The third kappa shape index (κ3) is 6.02. The summed E-state index contributed by atoms with van der Waals surface area (Å²) in [6, 6.07) is 5.36. The minimum Gasteiger partial charge on any atom is -0.497 e. The molecule has 0 spiro atoms. The number of carboxylic acids is 1. The van der Waals surface area contributed by atoms with Crippen molar-refractivity contribution in [1.29, 1.82) is 0 Å². The number of hydrogen-bond acceptors (Lipinski definition) is 4. The molecule has 4 nitrogen and oxygen atoms in total. The van der Waals surface area contributed by atoms with Crippen LogP contribution in [-0.2, 0) is 4.79 Å². The summed E-state index contributed by atoms with van der Waals surface area (Å²) in [6.45, 7) is 2.75. The molecule has 1 N–H and O–H groups in total. The number of carbonyl (C=O) groups is 1. The van der Waals surface area contributed by atoms with E-state index in [0.29, 0.717) is 23.7 Å². The molecule has 0 fully saturated rings. The minimum absolute atomic E-state index is 0.618. The lowest BCUT2D eigenvalue weighted by molar-refractivity contribution is -0.131. The van der Waals surface area contributed by atoms with E-state index in [9.17, 15) is 4.79 Å². The Morgan fingerprint density at radius 2 is 2.25 bits per heavy atom. The smallest absolute Gasteiger partial charge is 0.328 e. The van der Waals surface area contributed by atoms with E-state index in [1.807, 2.05) is 11.8 Å². The maximum absolute atomic E-state index is 10.6. The Kier molecular flexibility index (Phi) is 7.65. The summed E-state index contributed by atoms with van der Waals surface area (Å²) in [5, 5.41) is 8.70. The molecule has 1 rings (SSSR count). The van der Waals surface area contributed by atoms with Crippen LogP contribution in [0, 0.1) is 0 Å². The second kappa shape index (κ2) is 9.31. The number of thioether (sulfide) groups is 1. The van der Waals surface area contributed by atoms with Crippen molar-refractivity contribution in [1.82, 2.24) is 0 Å². The summed E-state index contributed by atoms with van der Waals surface area (Å²) in [4.78, 5) is 10.6. The van der Waals surface area contributed by atoms with Gasteiger partial charge in [-0.1, -0.05) is 6.92 Å². The maximum Gasteiger partial charge on any atom is 0.328 e. The minimum atomic E-state index is -0.988. The van der Waals surface area contributed by atoms with Crippen molar-refractivity contribution in [3.63, 3.8) is 0 Å². The third-order valence-corrected chi connectivity index (χ3v) is 3.50. The van der Waals surface area contributed by atoms with E-state index in [1.54, 1.807) is 25.3 Å². The van der Waals surface area contributed by atoms with Crippen LogP contribution in [0.4, 0.5) is 0 Å². The Balaban J connectivity index is 2.70. The van der Waals surface area contributed by atoms with Crippen molar-refractivity contribution in [3.05, 3.63) is 29.8 Å². The summed E-state index contributed by atoms with van der Waals surface area (Å²) in [6.07, 6.45) is 3.57. The molecule has 0 aliphatic carbocycles. The molecular formula is C15H20O4S. The van der Waals surface area contributed by atoms with Gasteiger partial charge in [-0.25, -0.2) is 4.79 Å². The molecule has 0 amide bonds. The highest BCUT2D eigenvalue weighted by molar-refractivity contribution is 7.99. The van der Waals surface area contributed by atoms with Gasteiger partial charge in [0, 0.05) is 11.6 Å². The third-order valence-electron chi connectivity index (χ3n) is 2.52. The zero-order valence-corrected chi connectivity index (χ0v) is 12.6. The van der Waals surface area contributed by atoms with Gasteiger partial charge in [0.25, 0.3) is 0 Å². The number of rotatable bonds is 9. The quantitative estimate of drug-likeness (QED) is 0.559. The number of hydrogen-bond donors (Lipinski definition) is 1. The Morgan fingerprint density at radius 3 is 2.90 bits per heavy atom. The molecule has 1 aromatic rings. The second-order valence-electron chi connectivity index (χ2n) is 3.97. The van der Waals surface area contributed by atoms with Gasteiger partial charge >= 0.3 is 5.97 Å². The molecule has 5 heteroatoms. The molecule has 1 aromatic carbocycles. The van der Waals surface area contributed by atoms with Gasteiger partial charge in [0.2, 0.25) is 0 Å². The van der Waals surface area contributed by atoms with Crippen LogP contribution in [0.1, 0.15) is 18.9 Å². The molecule has 20 heavy (non-hydrogen) atoms. The standard InChI is InChI=1S/C15H20O4S/c1-3-20-10-4-9-19-14-7-6-13(18-2)11-12(14)5-8-15(16)17/h5-8,11H,3-4,9-10H2,1-2H3,(H,16,17)/b8-5+. The number of ether oxygens (including phenoxy) is 2. The lowest BCUT2D eigenvalue weighted by atomic mass is 10.1. The van der Waals surface area contributed by atoms with E-state index < -0.39 is 5.97 Å². The van der Waals surface area contributed by atoms with Crippen LogP contribution in [-0.4, -0.2) is 36.3 Å². The number of aliphatic carboxylic acids is 1. The van der Waals surface area contributed by atoms with Gasteiger partial charge in [-0.15, -0.1) is 0 Å². The van der Waals surface area contributed by atoms with Crippen LogP contribution < -0.4 is 9.47 Å². The van der Waals surface area contributed by atoms with Gasteiger partial charge in [0.15, 0.2) is 0 Å². The predicted octanol–water partition coefficient (Wildman–Crippen LogP) is 3.32. The molecular weight excluding hydrogens is 276 g/mol. The van der Waals surface area contributed by atoms with E-state index in [2.05, 4.69) is 6.92 Å². The van der Waals surface area contributed by atoms with Crippen LogP contribution in [0.25, 0.3) is 6.08 Å². The summed E-state index contributed by atoms with van der Waals surface area (Å²) in [5.41, 5.74) is 0.704. The second-order valence-corrected chi connectivity index (χ2v) is 5.37. The van der Waals surface area contributed by atoms with Crippen molar-refractivity contribution >= 4 is 23.8 Å². The van der Waals surface area contributed by atoms with Crippen LogP contribution in [0.3, 0.4) is 0 Å². The highest BCUT2D eigenvalue weighted by Crippen LogP contribution is 2.25. The average Bonchev–Trinajstić information content (AvgIpc) is 2.45. The Bertz CT molecular complexity index is 457. The molecule has 0 aliphatic heterocycles. The molecule has 0 radical (unpaired) electrons. The van der Waals surface area contributed by atoms with Gasteiger partial charge in [-0.05, 0) is 42.2 Å². The zero-order valence-electron chi connectivity index (χ0n) is 11.8. The normalized spacial score (nSPS) is 10.7. The van der Waals surface area contributed by atoms with Crippen molar-refractivity contribution < 1.29 is 19.4 Å². The van der Waals surface area contributed by atoms with Crippen LogP contribution in [0.15, 0.2) is 24.3 Å². The summed E-state index contributed by atoms with van der Waals surface area (Å²) >= 11 is 1.88. The molecule has 110 valence electrons. The molecule has 0 bridgehead atoms. The fourth-order valence-corrected chi connectivity index (χ4v) is 2.17. The highest BCUT2D eigenvalue weighted by Gasteiger charge is 2.04. The van der Waals surface area contributed by atoms with E-state index in [1.165, 1.54) is 6.08 Å². The number of benzene rings is 1. The fourth-order valence-electron chi connectivity index (χ4n) is 1.56. The molecule has 0 aliphatic rings. The largest absolute Gasteiger partial charge is 0.497 e. The van der Waals surface area contributed by atoms with Crippen molar-refractivity contribution in [2.24, 2.45) is 0 Å². The molecule has 0 saturated heterocycles. The summed E-state index contributed by atoms with van der Waals surface area (Å²) < 4.78 is 10.8. The van der Waals surface area contributed by atoms with Gasteiger partial charge < -0.3 is 14.6 Å². The zero-order chi connectivity index (χ0) is 14.8. The average molecular weight is 296 g/mol. The van der Waals surface area contributed by atoms with Crippen LogP contribution in [0.5, 0.6) is 11.5 Å². The Labute approximate surface area is 123 Å². The van der Waals surface area contributed by atoms with E-state index >= 15 is 0 Å². The first-order valence-electron chi connectivity index (χ1n) is 6.47. The highest BCUT2D eigenvalue weighted by atomic mass is 32.2. The summed E-state index contributed by atoms with van der Waals surface area (Å²) in [5.74, 6) is 2.52. The van der Waals surface area contributed by atoms with Crippen molar-refractivity contribution in [2.75, 3.05) is 25.2 Å². The van der Waals surface area contributed by atoms with E-state index in [0.717, 1.165) is 24.0 Å². The fraction of sp³-hybridized carbons (Fsp3) is 0.400. The van der Waals surface area contributed by atoms with Gasteiger partial charge in [0.05, 0.1) is 13.7 Å². The number of carboxylic acid groups (broad SMARTS) is 1. The number of methoxy groups -OCH3 is 1. The first-order valence-corrected chi connectivity index (χ1v) is 7.62. The topological polar surface area (TPSA) is 55.8 Å². The SMILES string of the molecule is CCSCCCOc1ccc(OC)cc1/C=C/C(=O)O. The molecule has 0 saturated carbocycles. The predicted molar refractivity (Wildman–Crippen MR) is 82.8 cm³/mol. The molecule has 0 aromatic heterocycles. The molecule has 0 unspecified atom stereocenters. The van der Waals surface area contributed by atoms with E-state index in [-0.39, 0.29) is 0 Å². The van der Waals surface area contributed by atoms with Crippen LogP contribution >= 0.6 is 11.8 Å². The first-order chi connectivity index (χ1) is 9.67. The van der Waals surface area contributed by atoms with Gasteiger partial charge in [0.1, 0.15) is 11.5 Å². The van der Waals surface area contributed by atoms with E-state index in [4.69, 9.17) is 14.6 Å². The summed E-state index contributed by atoms with van der Waals surface area (Å²) in [7, 11) is 1.57. The monoisotopic (exact) mass is 296 g/mol. The van der Waals surface area contributed by atoms with Crippen molar-refractivity contribution in [2.45, 2.75) is 13.3 Å². The first kappa shape index (κ1) is 16.4. The lowest BCUT2D eigenvalue weighted by Gasteiger charge is -2.10. The van der Waals surface area contributed by atoms with Crippen molar-refractivity contribution in [3.8, 4) is 11.5 Å². The van der Waals surface area contributed by atoms with Gasteiger partial charge in [-0.3, -0.25) is 0 Å². The lowest BCUT2D eigenvalue weighted by Crippen LogP contribution is -2.00.